The number of nitrogens with one attached hydrogen (secondary N) is 1. The number of hydrogen-bond acceptors (Lipinski definition) is 4. The molecule has 0 aliphatic heterocycles. The summed E-state index contributed by atoms with van der Waals surface area (Å²) in [6.07, 6.45) is 0.241. The lowest BCUT2D eigenvalue weighted by molar-refractivity contribution is -0.129. The van der Waals surface area contributed by atoms with Gasteiger partial charge in [0.25, 0.3) is 0 Å². The highest BCUT2D eigenvalue weighted by Gasteiger charge is 2.18. The summed E-state index contributed by atoms with van der Waals surface area (Å²) in [6, 6.07) is 15.0. The molecule has 2 aromatic rings. The lowest BCUT2D eigenvalue weighted by atomic mass is 9.99. The van der Waals surface area contributed by atoms with Crippen LogP contribution in [0, 0.1) is 0 Å². The minimum Gasteiger partial charge on any atom is -0.375 e. The summed E-state index contributed by atoms with van der Waals surface area (Å²) in [5.41, 5.74) is 7.28. The first-order chi connectivity index (χ1) is 12.0. The highest BCUT2D eigenvalue weighted by Crippen LogP contribution is 2.12. The van der Waals surface area contributed by atoms with Crippen LogP contribution in [0.25, 0.3) is 0 Å². The first-order valence-electron chi connectivity index (χ1n) is 7.77. The lowest BCUT2D eigenvalue weighted by Crippen LogP contribution is -2.47. The molecule has 0 radical (unpaired) electrons. The van der Waals surface area contributed by atoms with Crippen LogP contribution in [0.4, 0.5) is 0 Å². The van der Waals surface area contributed by atoms with Crippen molar-refractivity contribution in [3.63, 3.8) is 0 Å². The Balaban J connectivity index is 2.06. The van der Waals surface area contributed by atoms with Gasteiger partial charge in [-0.05, 0) is 5.56 Å². The molecule has 1 atom stereocenters. The molecule has 2 amide bonds. The quantitative estimate of drug-likeness (QED) is 0.703. The third kappa shape index (κ3) is 5.26. The zero-order valence-electron chi connectivity index (χ0n) is 13.9. The minimum absolute atomic E-state index is 0.0769. The van der Waals surface area contributed by atoms with Crippen LogP contribution in [0.1, 0.15) is 21.5 Å². The van der Waals surface area contributed by atoms with E-state index in [2.05, 4.69) is 5.32 Å². The second-order valence-electron chi connectivity index (χ2n) is 5.55. The Morgan fingerprint density at radius 3 is 2.16 bits per heavy atom. The van der Waals surface area contributed by atoms with Crippen molar-refractivity contribution in [2.45, 2.75) is 12.5 Å². The summed E-state index contributed by atoms with van der Waals surface area (Å²) in [7, 11) is 1.39. The smallest absolute Gasteiger partial charge is 0.246 e. The molecule has 25 heavy (non-hydrogen) atoms. The molecule has 0 aliphatic rings. The molecule has 0 aliphatic carbocycles. The number of primary amides is 1. The van der Waals surface area contributed by atoms with Gasteiger partial charge in [0.05, 0.1) is 0 Å². The van der Waals surface area contributed by atoms with E-state index < -0.39 is 17.9 Å². The average molecular weight is 340 g/mol. The van der Waals surface area contributed by atoms with Crippen LogP contribution in [0.2, 0.25) is 0 Å². The number of amides is 2. The molecule has 3 N–H and O–H groups in total. The van der Waals surface area contributed by atoms with Gasteiger partial charge < -0.3 is 15.8 Å². The maximum atomic E-state index is 12.4. The number of nitrogens with two attached hydrogens (primary N) is 1. The summed E-state index contributed by atoms with van der Waals surface area (Å²) in [5.74, 6) is -1.12. The zero-order valence-corrected chi connectivity index (χ0v) is 13.9. The molecule has 0 saturated heterocycles. The van der Waals surface area contributed by atoms with Gasteiger partial charge in [-0.15, -0.1) is 0 Å². The molecule has 0 fully saturated rings. The fourth-order valence-electron chi connectivity index (χ4n) is 2.37. The van der Waals surface area contributed by atoms with Crippen LogP contribution < -0.4 is 11.1 Å². The van der Waals surface area contributed by atoms with E-state index in [0.29, 0.717) is 11.1 Å². The molecule has 0 heterocycles. The topological polar surface area (TPSA) is 98.5 Å². The SMILES string of the molecule is COCC(=O)N[C@@H](Cc1ccc(C(=O)c2ccccc2)cc1)C(N)=O. The fourth-order valence-corrected chi connectivity index (χ4v) is 2.37. The Bertz CT molecular complexity index is 742. The summed E-state index contributed by atoms with van der Waals surface area (Å²) < 4.78 is 4.72. The maximum Gasteiger partial charge on any atom is 0.246 e. The van der Waals surface area contributed by atoms with E-state index in [9.17, 15) is 14.4 Å². The van der Waals surface area contributed by atoms with Crippen molar-refractivity contribution < 1.29 is 19.1 Å². The molecule has 6 heteroatoms. The molecule has 130 valence electrons. The zero-order chi connectivity index (χ0) is 18.2. The van der Waals surface area contributed by atoms with Crippen LogP contribution in [0.3, 0.4) is 0 Å². The Morgan fingerprint density at radius 1 is 1.00 bits per heavy atom. The van der Waals surface area contributed by atoms with Gasteiger partial charge in [-0.25, -0.2) is 0 Å². The van der Waals surface area contributed by atoms with E-state index >= 15 is 0 Å². The molecule has 0 bridgehead atoms. The van der Waals surface area contributed by atoms with Crippen LogP contribution in [-0.2, 0) is 20.7 Å². The average Bonchev–Trinajstić information content (AvgIpc) is 2.62. The Hall–Kier alpha value is -2.99. The molecule has 0 unspecified atom stereocenters. The molecule has 6 nitrogen and oxygen atoms in total. The Morgan fingerprint density at radius 2 is 1.60 bits per heavy atom. The minimum atomic E-state index is -0.835. The van der Waals surface area contributed by atoms with Gasteiger partial charge in [-0.3, -0.25) is 14.4 Å². The van der Waals surface area contributed by atoms with Crippen LogP contribution >= 0.6 is 0 Å². The lowest BCUT2D eigenvalue weighted by Gasteiger charge is -2.15. The first-order valence-corrected chi connectivity index (χ1v) is 7.77. The number of benzene rings is 2. The van der Waals surface area contributed by atoms with Crippen LogP contribution in [-0.4, -0.2) is 37.4 Å². The standard InChI is InChI=1S/C19H20N2O4/c1-25-12-17(22)21-16(19(20)24)11-13-7-9-15(10-8-13)18(23)14-5-3-2-4-6-14/h2-10,16H,11-12H2,1H3,(H2,20,24)(H,21,22)/t16-/m0/s1. The Kier molecular flexibility index (Phi) is 6.42. The second kappa shape index (κ2) is 8.75. The number of ketones is 1. The third-order valence-corrected chi connectivity index (χ3v) is 3.65. The van der Waals surface area contributed by atoms with Crippen LogP contribution in [0.5, 0.6) is 0 Å². The van der Waals surface area contributed by atoms with Gasteiger partial charge in [-0.2, -0.15) is 0 Å². The van der Waals surface area contributed by atoms with E-state index in [1.807, 2.05) is 18.2 Å². The molecular weight excluding hydrogens is 320 g/mol. The summed E-state index contributed by atoms with van der Waals surface area (Å²) in [6.45, 7) is -0.145. The third-order valence-electron chi connectivity index (χ3n) is 3.65. The van der Waals surface area contributed by atoms with Crippen molar-refractivity contribution in [2.75, 3.05) is 13.7 Å². The van der Waals surface area contributed by atoms with Crippen molar-refractivity contribution in [1.29, 1.82) is 0 Å². The fraction of sp³-hybridized carbons (Fsp3) is 0.211. The van der Waals surface area contributed by atoms with Gasteiger partial charge in [0, 0.05) is 24.7 Å². The predicted molar refractivity (Wildman–Crippen MR) is 93.0 cm³/mol. The van der Waals surface area contributed by atoms with E-state index in [4.69, 9.17) is 10.5 Å². The van der Waals surface area contributed by atoms with Gasteiger partial charge in [0.1, 0.15) is 12.6 Å². The van der Waals surface area contributed by atoms with E-state index in [1.54, 1.807) is 36.4 Å². The van der Waals surface area contributed by atoms with Crippen molar-refractivity contribution >= 4 is 17.6 Å². The number of carbonyl (C=O) groups excluding carboxylic acids is 3. The highest BCUT2D eigenvalue weighted by atomic mass is 16.5. The summed E-state index contributed by atoms with van der Waals surface area (Å²) >= 11 is 0. The number of ether oxygens (including phenoxy) is 1. The molecule has 0 aromatic heterocycles. The summed E-state index contributed by atoms with van der Waals surface area (Å²) in [5, 5.41) is 2.52. The van der Waals surface area contributed by atoms with Crippen molar-refractivity contribution in [1.82, 2.24) is 5.32 Å². The number of methoxy groups -OCH3 is 1. The van der Waals surface area contributed by atoms with Crippen LogP contribution in [0.15, 0.2) is 54.6 Å². The van der Waals surface area contributed by atoms with Crippen molar-refractivity contribution in [3.8, 4) is 0 Å². The molecular formula is C19H20N2O4. The molecule has 0 spiro atoms. The largest absolute Gasteiger partial charge is 0.375 e. The second-order valence-corrected chi connectivity index (χ2v) is 5.55. The molecule has 0 saturated carbocycles. The van der Waals surface area contributed by atoms with Gasteiger partial charge >= 0.3 is 0 Å². The van der Waals surface area contributed by atoms with Gasteiger partial charge in [0.15, 0.2) is 5.78 Å². The molecule has 2 aromatic carbocycles. The van der Waals surface area contributed by atoms with Crippen molar-refractivity contribution in [3.05, 3.63) is 71.3 Å². The number of hydrogen-bond donors (Lipinski definition) is 2. The predicted octanol–water partition coefficient (Wildman–Crippen LogP) is 1.08. The van der Waals surface area contributed by atoms with Gasteiger partial charge in [-0.1, -0.05) is 54.6 Å². The maximum absolute atomic E-state index is 12.4. The monoisotopic (exact) mass is 340 g/mol. The number of carbonyl (C=O) groups is 3. The van der Waals surface area contributed by atoms with Gasteiger partial charge in [0.2, 0.25) is 11.8 Å². The normalized spacial score (nSPS) is 11.6. The van der Waals surface area contributed by atoms with E-state index in [1.165, 1.54) is 7.11 Å². The first kappa shape index (κ1) is 18.4. The molecule has 2 rings (SSSR count). The highest BCUT2D eigenvalue weighted by molar-refractivity contribution is 6.08. The summed E-state index contributed by atoms with van der Waals surface area (Å²) in [4.78, 5) is 35.4. The Labute approximate surface area is 146 Å². The number of rotatable bonds is 8. The van der Waals surface area contributed by atoms with E-state index in [-0.39, 0.29) is 18.8 Å². The van der Waals surface area contributed by atoms with E-state index in [0.717, 1.165) is 5.56 Å². The van der Waals surface area contributed by atoms with Crippen molar-refractivity contribution in [2.24, 2.45) is 5.73 Å².